The molecule has 1 aromatic carbocycles. The van der Waals surface area contributed by atoms with E-state index in [-0.39, 0.29) is 29.6 Å². The number of carbonyl (C=O) groups is 2. The Morgan fingerprint density at radius 2 is 1.81 bits per heavy atom. The van der Waals surface area contributed by atoms with Crippen molar-refractivity contribution in [3.63, 3.8) is 0 Å². The number of nitrogens with zero attached hydrogens (tertiary/aromatic N) is 1. The van der Waals surface area contributed by atoms with Gasteiger partial charge in [-0.05, 0) is 76.5 Å². The van der Waals surface area contributed by atoms with Gasteiger partial charge in [0.2, 0.25) is 5.91 Å². The van der Waals surface area contributed by atoms with Gasteiger partial charge >= 0.3 is 5.97 Å². The average molecular weight is 500 g/mol. The number of rotatable bonds is 6. The van der Waals surface area contributed by atoms with Crippen molar-refractivity contribution in [2.24, 2.45) is 5.92 Å². The summed E-state index contributed by atoms with van der Waals surface area (Å²) in [4.78, 5) is 28.7. The van der Waals surface area contributed by atoms with Crippen LogP contribution in [0.3, 0.4) is 0 Å². The van der Waals surface area contributed by atoms with E-state index in [1.165, 1.54) is 17.7 Å². The van der Waals surface area contributed by atoms with Crippen LogP contribution in [0.15, 0.2) is 18.2 Å². The highest BCUT2D eigenvalue weighted by Gasteiger charge is 2.53. The van der Waals surface area contributed by atoms with Crippen LogP contribution in [0.1, 0.15) is 89.8 Å². The molecule has 7 heteroatoms. The third kappa shape index (κ3) is 5.88. The molecule has 3 heterocycles. The summed E-state index contributed by atoms with van der Waals surface area (Å²) in [6.07, 6.45) is 9.69. The van der Waals surface area contributed by atoms with E-state index in [2.05, 4.69) is 0 Å². The number of ether oxygens (including phenoxy) is 2. The largest absolute Gasteiger partial charge is 0.507 e. The zero-order chi connectivity index (χ0) is 25.9. The van der Waals surface area contributed by atoms with Gasteiger partial charge in [-0.1, -0.05) is 13.8 Å². The van der Waals surface area contributed by atoms with Crippen LogP contribution in [0.25, 0.3) is 6.08 Å². The number of phenols is 1. The third-order valence-corrected chi connectivity index (χ3v) is 7.72. The van der Waals surface area contributed by atoms with Crippen LogP contribution in [0.4, 0.5) is 0 Å². The molecule has 4 rings (SSSR count). The molecule has 0 bridgehead atoms. The number of benzene rings is 1. The van der Waals surface area contributed by atoms with E-state index < -0.39 is 11.7 Å². The summed E-state index contributed by atoms with van der Waals surface area (Å²) in [5.41, 5.74) is 0.514. The first kappa shape index (κ1) is 26.5. The summed E-state index contributed by atoms with van der Waals surface area (Å²) in [6, 6.07) is 3.44. The van der Waals surface area contributed by atoms with Crippen LogP contribution in [0.5, 0.6) is 11.5 Å². The number of phenolic OH excluding ortho intramolecular Hbond substituents is 1. The number of fused-ring (bicyclic) bond motifs is 1. The highest BCUT2D eigenvalue weighted by atomic mass is 16.6. The van der Waals surface area contributed by atoms with Crippen molar-refractivity contribution in [1.82, 2.24) is 4.90 Å². The maximum absolute atomic E-state index is 12.8. The van der Waals surface area contributed by atoms with Crippen molar-refractivity contribution in [3.8, 4) is 11.5 Å². The molecule has 0 radical (unpaired) electrons. The molecule has 2 N–H and O–H groups in total. The molecule has 0 unspecified atom stereocenters. The molecule has 2 saturated heterocycles. The van der Waals surface area contributed by atoms with Gasteiger partial charge in [-0.2, -0.15) is 0 Å². The zero-order valence-corrected chi connectivity index (χ0v) is 22.3. The Hall–Kier alpha value is -2.54. The lowest BCUT2D eigenvalue weighted by Gasteiger charge is -2.46. The molecule has 2 atom stereocenters. The normalized spacial score (nSPS) is 24.4. The van der Waals surface area contributed by atoms with Crippen molar-refractivity contribution in [2.45, 2.75) is 90.4 Å². The second-order valence-corrected chi connectivity index (χ2v) is 11.5. The van der Waals surface area contributed by atoms with E-state index in [0.29, 0.717) is 23.3 Å². The van der Waals surface area contributed by atoms with Gasteiger partial charge in [-0.3, -0.25) is 9.59 Å². The number of carbonyl (C=O) groups excluding carboxylic acids is 2. The minimum absolute atomic E-state index is 0.0251. The van der Waals surface area contributed by atoms with Crippen LogP contribution >= 0.6 is 0 Å². The van der Waals surface area contributed by atoms with Gasteiger partial charge in [-0.15, -0.1) is 0 Å². The second-order valence-electron chi connectivity index (χ2n) is 11.5. The molecule has 0 spiro atoms. The van der Waals surface area contributed by atoms with Crippen molar-refractivity contribution < 1.29 is 29.1 Å². The molecule has 0 aromatic heterocycles. The zero-order valence-electron chi connectivity index (χ0n) is 22.3. The van der Waals surface area contributed by atoms with Crippen molar-refractivity contribution in [2.75, 3.05) is 26.2 Å². The third-order valence-electron chi connectivity index (χ3n) is 7.72. The minimum Gasteiger partial charge on any atom is -0.507 e. The summed E-state index contributed by atoms with van der Waals surface area (Å²) in [5.74, 6) is 0.665. The molecule has 7 nitrogen and oxygen atoms in total. The molecule has 1 aromatic rings. The monoisotopic (exact) mass is 499 g/mol. The van der Waals surface area contributed by atoms with E-state index >= 15 is 0 Å². The average Bonchev–Trinajstić information content (AvgIpc) is 2.84. The van der Waals surface area contributed by atoms with Crippen molar-refractivity contribution in [3.05, 3.63) is 29.3 Å². The van der Waals surface area contributed by atoms with E-state index in [4.69, 9.17) is 9.47 Å². The number of likely N-dealkylation sites (tertiary alicyclic amines) is 2. The number of aromatic hydroxyl groups is 1. The van der Waals surface area contributed by atoms with Crippen LogP contribution < -0.4 is 9.64 Å². The van der Waals surface area contributed by atoms with Gasteiger partial charge in [0.15, 0.2) is 12.1 Å². The lowest BCUT2D eigenvalue weighted by Crippen LogP contribution is -3.14. The lowest BCUT2D eigenvalue weighted by molar-refractivity contribution is -0.941. The van der Waals surface area contributed by atoms with Crippen LogP contribution in [-0.2, 0) is 14.3 Å². The fraction of sp³-hybridized carbons (Fsp3) is 0.655. The summed E-state index contributed by atoms with van der Waals surface area (Å²) in [7, 11) is 0. The molecule has 1 amide bonds. The van der Waals surface area contributed by atoms with Crippen LogP contribution in [-0.4, -0.2) is 59.8 Å². The summed E-state index contributed by atoms with van der Waals surface area (Å²) in [5, 5.41) is 11.5. The van der Waals surface area contributed by atoms with Gasteiger partial charge in [0.1, 0.15) is 17.1 Å². The SMILES string of the molecule is CC(C)CC(=O)O[C@@H]1[C@H]([NH+]2CCCCC2)c2c(ccc(/C=C/C(=O)N3CCCCC3)c2O)OC1(C)C. The fourth-order valence-electron chi connectivity index (χ4n) is 5.87. The Labute approximate surface area is 215 Å². The molecule has 3 aliphatic rings. The second kappa shape index (κ2) is 11.2. The predicted molar refractivity (Wildman–Crippen MR) is 139 cm³/mol. The van der Waals surface area contributed by atoms with Crippen LogP contribution in [0.2, 0.25) is 0 Å². The summed E-state index contributed by atoms with van der Waals surface area (Å²) < 4.78 is 12.5. The highest BCUT2D eigenvalue weighted by molar-refractivity contribution is 5.92. The molecular formula is C29H43N2O5+. The first-order chi connectivity index (χ1) is 17.2. The maximum atomic E-state index is 12.8. The van der Waals surface area contributed by atoms with Gasteiger partial charge in [-0.25, -0.2) is 0 Å². The molecule has 0 saturated carbocycles. The molecule has 2 fully saturated rings. The lowest BCUT2D eigenvalue weighted by atomic mass is 9.83. The van der Waals surface area contributed by atoms with Gasteiger partial charge in [0, 0.05) is 31.1 Å². The van der Waals surface area contributed by atoms with Crippen molar-refractivity contribution in [1.29, 1.82) is 0 Å². The van der Waals surface area contributed by atoms with Gasteiger partial charge in [0.05, 0.1) is 18.7 Å². The number of esters is 1. The number of piperidine rings is 2. The molecule has 198 valence electrons. The number of hydrogen-bond donors (Lipinski definition) is 2. The molecule has 0 aliphatic carbocycles. The number of amides is 1. The summed E-state index contributed by atoms with van der Waals surface area (Å²) >= 11 is 0. The minimum atomic E-state index is -0.747. The molecular weight excluding hydrogens is 456 g/mol. The standard InChI is InChI=1S/C29H42N2O5/c1-20(2)19-24(33)35-28-26(31-17-9-6-10-18-31)25-22(36-29(28,3)4)13-11-21(27(25)34)12-14-23(32)30-15-7-5-8-16-30/h11-14,20,26,28,34H,5-10,15-19H2,1-4H3/p+1/b14-12+/t26-,28-/m1/s1. The Balaban J connectivity index is 1.69. The highest BCUT2D eigenvalue weighted by Crippen LogP contribution is 2.46. The Morgan fingerprint density at radius 1 is 1.14 bits per heavy atom. The first-order valence-corrected chi connectivity index (χ1v) is 13.7. The van der Waals surface area contributed by atoms with Gasteiger partial charge < -0.3 is 24.4 Å². The number of quaternary nitrogens is 1. The van der Waals surface area contributed by atoms with Gasteiger partial charge in [0.25, 0.3) is 0 Å². The molecule has 36 heavy (non-hydrogen) atoms. The van der Waals surface area contributed by atoms with E-state index in [1.807, 2.05) is 38.7 Å². The van der Waals surface area contributed by atoms with Crippen LogP contribution in [0, 0.1) is 5.92 Å². The quantitative estimate of drug-likeness (QED) is 0.461. The Morgan fingerprint density at radius 3 is 2.47 bits per heavy atom. The fourth-order valence-corrected chi connectivity index (χ4v) is 5.87. The summed E-state index contributed by atoms with van der Waals surface area (Å²) in [6.45, 7) is 11.4. The first-order valence-electron chi connectivity index (χ1n) is 13.7. The number of hydrogen-bond acceptors (Lipinski definition) is 5. The Kier molecular flexibility index (Phi) is 8.28. The topological polar surface area (TPSA) is 80.5 Å². The van der Waals surface area contributed by atoms with E-state index in [1.54, 1.807) is 18.2 Å². The maximum Gasteiger partial charge on any atom is 0.306 e. The smallest absolute Gasteiger partial charge is 0.306 e. The number of nitrogens with one attached hydrogen (secondary N) is 1. The predicted octanol–water partition coefficient (Wildman–Crippen LogP) is 3.66. The van der Waals surface area contributed by atoms with E-state index in [9.17, 15) is 14.7 Å². The Bertz CT molecular complexity index is 974. The van der Waals surface area contributed by atoms with Crippen molar-refractivity contribution >= 4 is 18.0 Å². The van der Waals surface area contributed by atoms with E-state index in [0.717, 1.165) is 51.9 Å². The molecule has 3 aliphatic heterocycles.